The summed E-state index contributed by atoms with van der Waals surface area (Å²) in [5, 5.41) is 20.1. The Balaban J connectivity index is 1.59. The van der Waals surface area contributed by atoms with Crippen molar-refractivity contribution in [2.75, 3.05) is 11.1 Å². The fourth-order valence-corrected chi connectivity index (χ4v) is 4.39. The third-order valence-electron chi connectivity index (χ3n) is 4.74. The number of nitrogens with one attached hydrogen (secondary N) is 1. The van der Waals surface area contributed by atoms with Gasteiger partial charge in [0.15, 0.2) is 10.9 Å². The normalized spacial score (nSPS) is 11.3. The molecular formula is C22H17N5O5S2. The minimum atomic E-state index is -3.87. The Hall–Kier alpha value is -3.87. The molecule has 0 radical (unpaired) electrons. The fraction of sp³-hybridized carbons (Fsp3) is 0.0455. The topological polar surface area (TPSA) is 158 Å². The number of hydrogen-bond donors (Lipinski definition) is 2. The molecule has 4 rings (SSSR count). The minimum Gasteiger partial charge on any atom is -0.340 e. The number of thioether (sulfide) groups is 1. The molecule has 0 aliphatic rings. The number of ketones is 1. The molecule has 0 aliphatic carbocycles. The lowest BCUT2D eigenvalue weighted by Crippen LogP contribution is -2.12. The SMILES string of the molecule is NS(=O)(=O)c1cccc(Nc2nc(SCC(=O)c3ccc([N+](=O)[O-])cc3)nc3ccccc23)c1. The van der Waals surface area contributed by atoms with Crippen LogP contribution >= 0.6 is 11.8 Å². The quantitative estimate of drug-likeness (QED) is 0.121. The highest BCUT2D eigenvalue weighted by atomic mass is 32.2. The molecule has 0 spiro atoms. The summed E-state index contributed by atoms with van der Waals surface area (Å²) in [6.07, 6.45) is 0. The average Bonchev–Trinajstić information content (AvgIpc) is 2.82. The predicted molar refractivity (Wildman–Crippen MR) is 129 cm³/mol. The van der Waals surface area contributed by atoms with Crippen molar-refractivity contribution < 1.29 is 18.1 Å². The van der Waals surface area contributed by atoms with E-state index in [0.717, 1.165) is 11.8 Å². The third kappa shape index (κ3) is 5.36. The Morgan fingerprint density at radius 1 is 1.03 bits per heavy atom. The number of para-hydroxylation sites is 1. The van der Waals surface area contributed by atoms with Crippen molar-refractivity contribution in [2.24, 2.45) is 5.14 Å². The Labute approximate surface area is 198 Å². The maximum absolute atomic E-state index is 12.5. The first-order chi connectivity index (χ1) is 16.2. The van der Waals surface area contributed by atoms with Gasteiger partial charge < -0.3 is 5.32 Å². The van der Waals surface area contributed by atoms with Crippen LogP contribution in [0.3, 0.4) is 0 Å². The average molecular weight is 496 g/mol. The number of benzene rings is 3. The first kappa shape index (κ1) is 23.3. The summed E-state index contributed by atoms with van der Waals surface area (Å²) in [4.78, 5) is 31.8. The number of carbonyl (C=O) groups excluding carboxylic acids is 1. The molecule has 0 atom stereocenters. The molecule has 3 N–H and O–H groups in total. The van der Waals surface area contributed by atoms with Gasteiger partial charge in [0.2, 0.25) is 10.0 Å². The molecule has 1 heterocycles. The van der Waals surface area contributed by atoms with Crippen molar-refractivity contribution in [3.8, 4) is 0 Å². The molecule has 10 nitrogen and oxygen atoms in total. The molecule has 1 aromatic heterocycles. The second-order valence-corrected chi connectivity index (χ2v) is 9.59. The van der Waals surface area contributed by atoms with E-state index >= 15 is 0 Å². The molecule has 0 saturated heterocycles. The van der Waals surface area contributed by atoms with Crippen LogP contribution < -0.4 is 10.5 Å². The molecule has 0 amide bonds. The van der Waals surface area contributed by atoms with E-state index in [-0.39, 0.29) is 22.1 Å². The van der Waals surface area contributed by atoms with Gasteiger partial charge in [0, 0.05) is 28.8 Å². The first-order valence-electron chi connectivity index (χ1n) is 9.78. The fourth-order valence-electron chi connectivity index (χ4n) is 3.09. The molecular weight excluding hydrogens is 478 g/mol. The zero-order chi connectivity index (χ0) is 24.3. The van der Waals surface area contributed by atoms with E-state index < -0.39 is 14.9 Å². The lowest BCUT2D eigenvalue weighted by molar-refractivity contribution is -0.384. The number of fused-ring (bicyclic) bond motifs is 1. The predicted octanol–water partition coefficient (Wildman–Crippen LogP) is 3.90. The maximum atomic E-state index is 12.5. The number of nitrogens with zero attached hydrogens (tertiary/aromatic N) is 3. The molecule has 0 fully saturated rings. The van der Waals surface area contributed by atoms with Crippen molar-refractivity contribution in [2.45, 2.75) is 10.1 Å². The van der Waals surface area contributed by atoms with Crippen LogP contribution in [-0.2, 0) is 10.0 Å². The number of nitro benzene ring substituents is 1. The van der Waals surface area contributed by atoms with Gasteiger partial charge in [0.25, 0.3) is 5.69 Å². The lowest BCUT2D eigenvalue weighted by atomic mass is 10.1. The number of aromatic nitrogens is 2. The van der Waals surface area contributed by atoms with Crippen molar-refractivity contribution in [1.82, 2.24) is 9.97 Å². The largest absolute Gasteiger partial charge is 0.340 e. The van der Waals surface area contributed by atoms with E-state index in [1.54, 1.807) is 18.2 Å². The van der Waals surface area contributed by atoms with Crippen molar-refractivity contribution in [3.05, 3.63) is 88.5 Å². The van der Waals surface area contributed by atoms with Crippen LogP contribution in [-0.4, -0.2) is 34.8 Å². The minimum absolute atomic E-state index is 0.0243. The molecule has 0 bridgehead atoms. The van der Waals surface area contributed by atoms with Crippen LogP contribution in [0.25, 0.3) is 10.9 Å². The van der Waals surface area contributed by atoms with Gasteiger partial charge in [0.1, 0.15) is 5.82 Å². The van der Waals surface area contributed by atoms with E-state index in [2.05, 4.69) is 15.3 Å². The van der Waals surface area contributed by atoms with Gasteiger partial charge in [0.05, 0.1) is 21.1 Å². The van der Waals surface area contributed by atoms with E-state index in [1.807, 2.05) is 18.2 Å². The summed E-state index contributed by atoms with van der Waals surface area (Å²) in [6.45, 7) is 0. The number of anilines is 2. The van der Waals surface area contributed by atoms with Gasteiger partial charge in [-0.15, -0.1) is 0 Å². The standard InChI is InChI=1S/C22H17N5O5S2/c23-34(31,32)17-5-3-4-15(12-17)24-21-18-6-1-2-7-19(18)25-22(26-21)33-13-20(28)14-8-10-16(11-9-14)27(29)30/h1-12H,13H2,(H2,23,31,32)(H,24,25,26). The zero-order valence-electron chi connectivity index (χ0n) is 17.4. The number of Topliss-reactive ketones (excluding diaryl/α,β-unsaturated/α-hetero) is 1. The van der Waals surface area contributed by atoms with Crippen molar-refractivity contribution >= 4 is 55.7 Å². The van der Waals surface area contributed by atoms with E-state index in [0.29, 0.717) is 33.1 Å². The molecule has 3 aromatic carbocycles. The molecule has 0 unspecified atom stereocenters. The van der Waals surface area contributed by atoms with E-state index in [4.69, 9.17) is 5.14 Å². The Morgan fingerprint density at radius 3 is 2.47 bits per heavy atom. The second kappa shape index (κ2) is 9.55. The van der Waals surface area contributed by atoms with Gasteiger partial charge >= 0.3 is 0 Å². The lowest BCUT2D eigenvalue weighted by Gasteiger charge is -2.11. The molecule has 4 aromatic rings. The molecule has 34 heavy (non-hydrogen) atoms. The number of primary sulfonamides is 1. The van der Waals surface area contributed by atoms with Crippen LogP contribution in [0.5, 0.6) is 0 Å². The van der Waals surface area contributed by atoms with Crippen LogP contribution in [0.4, 0.5) is 17.2 Å². The number of non-ortho nitro benzene ring substituents is 1. The van der Waals surface area contributed by atoms with Crippen LogP contribution in [0.15, 0.2) is 82.8 Å². The third-order valence-corrected chi connectivity index (χ3v) is 6.50. The van der Waals surface area contributed by atoms with E-state index in [9.17, 15) is 23.3 Å². The highest BCUT2D eigenvalue weighted by Crippen LogP contribution is 2.28. The number of nitrogens with two attached hydrogens (primary N) is 1. The highest BCUT2D eigenvalue weighted by Gasteiger charge is 2.14. The summed E-state index contributed by atoms with van der Waals surface area (Å²) in [7, 11) is -3.87. The second-order valence-electron chi connectivity index (χ2n) is 7.09. The zero-order valence-corrected chi connectivity index (χ0v) is 19.0. The number of sulfonamides is 1. The summed E-state index contributed by atoms with van der Waals surface area (Å²) < 4.78 is 23.4. The summed E-state index contributed by atoms with van der Waals surface area (Å²) >= 11 is 1.12. The van der Waals surface area contributed by atoms with Crippen LogP contribution in [0.2, 0.25) is 0 Å². The van der Waals surface area contributed by atoms with E-state index in [1.165, 1.54) is 36.4 Å². The first-order valence-corrected chi connectivity index (χ1v) is 12.3. The Kier molecular flexibility index (Phi) is 6.54. The summed E-state index contributed by atoms with van der Waals surface area (Å²) in [5.41, 5.74) is 1.35. The van der Waals surface area contributed by atoms with Crippen molar-refractivity contribution in [1.29, 1.82) is 0 Å². The van der Waals surface area contributed by atoms with Crippen LogP contribution in [0.1, 0.15) is 10.4 Å². The van der Waals surface area contributed by atoms with Gasteiger partial charge in [-0.05, 0) is 42.5 Å². The number of carbonyl (C=O) groups is 1. The summed E-state index contributed by atoms with van der Waals surface area (Å²) in [6, 6.07) is 18.7. The van der Waals surface area contributed by atoms with Gasteiger partial charge in [-0.25, -0.2) is 23.5 Å². The van der Waals surface area contributed by atoms with Gasteiger partial charge in [-0.2, -0.15) is 0 Å². The van der Waals surface area contributed by atoms with Gasteiger partial charge in [-0.1, -0.05) is 30.0 Å². The molecule has 12 heteroatoms. The monoisotopic (exact) mass is 495 g/mol. The number of hydrogen-bond acceptors (Lipinski definition) is 9. The number of nitro groups is 1. The highest BCUT2D eigenvalue weighted by molar-refractivity contribution is 7.99. The molecule has 0 aliphatic heterocycles. The van der Waals surface area contributed by atoms with Crippen molar-refractivity contribution in [3.63, 3.8) is 0 Å². The molecule has 0 saturated carbocycles. The van der Waals surface area contributed by atoms with Crippen LogP contribution in [0, 0.1) is 10.1 Å². The summed E-state index contributed by atoms with van der Waals surface area (Å²) in [5.74, 6) is 0.228. The number of rotatable bonds is 8. The molecule has 172 valence electrons. The Bertz CT molecular complexity index is 1510. The maximum Gasteiger partial charge on any atom is 0.269 e. The Morgan fingerprint density at radius 2 is 1.76 bits per heavy atom. The smallest absolute Gasteiger partial charge is 0.269 e. The van der Waals surface area contributed by atoms with Gasteiger partial charge in [-0.3, -0.25) is 14.9 Å².